The molecule has 0 aliphatic rings. The topological polar surface area (TPSA) is 55.2 Å². The van der Waals surface area contributed by atoms with Crippen molar-refractivity contribution in [3.63, 3.8) is 0 Å². The Labute approximate surface area is 143 Å². The molecule has 7 heteroatoms. The van der Waals surface area contributed by atoms with Crippen LogP contribution in [0.1, 0.15) is 16.7 Å². The van der Waals surface area contributed by atoms with Crippen LogP contribution in [0.25, 0.3) is 11.4 Å². The van der Waals surface area contributed by atoms with Crippen LogP contribution in [0.3, 0.4) is 0 Å². The molecule has 23 heavy (non-hydrogen) atoms. The second kappa shape index (κ2) is 6.89. The molecule has 0 saturated carbocycles. The van der Waals surface area contributed by atoms with Gasteiger partial charge in [-0.2, -0.15) is 14.9 Å². The van der Waals surface area contributed by atoms with Gasteiger partial charge in [-0.15, -0.1) is 11.3 Å². The number of aromatic amines is 1. The molecular formula is C16H16N4OS2. The molecule has 0 radical (unpaired) electrons. The van der Waals surface area contributed by atoms with Crippen LogP contribution in [0.2, 0.25) is 0 Å². The van der Waals surface area contributed by atoms with Gasteiger partial charge in [0.1, 0.15) is 5.75 Å². The van der Waals surface area contributed by atoms with E-state index in [2.05, 4.69) is 28.3 Å². The average Bonchev–Trinajstić information content (AvgIpc) is 3.12. The van der Waals surface area contributed by atoms with Gasteiger partial charge in [0.2, 0.25) is 4.77 Å². The average molecular weight is 344 g/mol. The third-order valence-electron chi connectivity index (χ3n) is 3.12. The number of nitrogens with one attached hydrogen (secondary N) is 1. The van der Waals surface area contributed by atoms with Gasteiger partial charge < -0.3 is 4.74 Å². The second-order valence-corrected chi connectivity index (χ2v) is 6.52. The fourth-order valence-corrected chi connectivity index (χ4v) is 3.04. The third-order valence-corrected chi connectivity index (χ3v) is 4.31. The van der Waals surface area contributed by atoms with E-state index in [0.29, 0.717) is 17.2 Å². The van der Waals surface area contributed by atoms with E-state index < -0.39 is 0 Å². The maximum Gasteiger partial charge on any atom is 0.216 e. The highest BCUT2D eigenvalue weighted by molar-refractivity contribution is 7.71. The SMILES string of the molecule is CCOc1cccc(-c2n[nH]c(=S)n2/N=C/c2ccc(C)s2)c1. The molecule has 1 N–H and O–H groups in total. The van der Waals surface area contributed by atoms with Crippen molar-refractivity contribution >= 4 is 29.8 Å². The van der Waals surface area contributed by atoms with E-state index in [4.69, 9.17) is 17.0 Å². The van der Waals surface area contributed by atoms with Gasteiger partial charge in [-0.3, -0.25) is 0 Å². The lowest BCUT2D eigenvalue weighted by Gasteiger charge is -2.05. The van der Waals surface area contributed by atoms with Crippen LogP contribution in [0, 0.1) is 11.7 Å². The van der Waals surface area contributed by atoms with E-state index >= 15 is 0 Å². The fourth-order valence-electron chi connectivity index (χ4n) is 2.11. The fraction of sp³-hybridized carbons (Fsp3) is 0.188. The molecule has 2 aromatic heterocycles. The van der Waals surface area contributed by atoms with Crippen molar-refractivity contribution < 1.29 is 4.74 Å². The molecule has 2 heterocycles. The summed E-state index contributed by atoms with van der Waals surface area (Å²) in [5, 5.41) is 11.5. The zero-order valence-electron chi connectivity index (χ0n) is 12.8. The van der Waals surface area contributed by atoms with Crippen molar-refractivity contribution in [3.05, 3.63) is 50.9 Å². The highest BCUT2D eigenvalue weighted by atomic mass is 32.1. The first-order chi connectivity index (χ1) is 11.2. The zero-order chi connectivity index (χ0) is 16.2. The summed E-state index contributed by atoms with van der Waals surface area (Å²) in [4.78, 5) is 2.31. The van der Waals surface area contributed by atoms with Crippen LogP contribution >= 0.6 is 23.6 Å². The predicted molar refractivity (Wildman–Crippen MR) is 96.1 cm³/mol. The van der Waals surface area contributed by atoms with Gasteiger partial charge in [-0.1, -0.05) is 12.1 Å². The molecule has 0 aliphatic carbocycles. The Morgan fingerprint density at radius 2 is 2.26 bits per heavy atom. The van der Waals surface area contributed by atoms with Crippen LogP contribution in [-0.2, 0) is 0 Å². The highest BCUT2D eigenvalue weighted by Gasteiger charge is 2.09. The minimum Gasteiger partial charge on any atom is -0.494 e. The lowest BCUT2D eigenvalue weighted by Crippen LogP contribution is -1.96. The van der Waals surface area contributed by atoms with Crippen molar-refractivity contribution in [2.45, 2.75) is 13.8 Å². The summed E-state index contributed by atoms with van der Waals surface area (Å²) in [7, 11) is 0. The molecule has 0 bridgehead atoms. The minimum absolute atomic E-state index is 0.450. The number of hydrogen-bond acceptors (Lipinski definition) is 5. The Kier molecular flexibility index (Phi) is 4.68. The molecule has 0 aliphatic heterocycles. The quantitative estimate of drug-likeness (QED) is 0.556. The van der Waals surface area contributed by atoms with E-state index in [0.717, 1.165) is 16.2 Å². The minimum atomic E-state index is 0.450. The number of aromatic nitrogens is 3. The predicted octanol–water partition coefficient (Wildman–Crippen LogP) is 4.26. The molecular weight excluding hydrogens is 328 g/mol. The Balaban J connectivity index is 1.97. The van der Waals surface area contributed by atoms with E-state index in [-0.39, 0.29) is 0 Å². The largest absolute Gasteiger partial charge is 0.494 e. The Morgan fingerprint density at radius 1 is 1.39 bits per heavy atom. The Hall–Kier alpha value is -2.25. The van der Waals surface area contributed by atoms with E-state index in [9.17, 15) is 0 Å². The van der Waals surface area contributed by atoms with Crippen LogP contribution in [0.15, 0.2) is 41.5 Å². The first-order valence-corrected chi connectivity index (χ1v) is 8.41. The Bertz CT molecular complexity index is 891. The first kappa shape index (κ1) is 15.6. The first-order valence-electron chi connectivity index (χ1n) is 7.19. The van der Waals surface area contributed by atoms with Crippen molar-refractivity contribution in [2.24, 2.45) is 5.10 Å². The van der Waals surface area contributed by atoms with Crippen molar-refractivity contribution in [2.75, 3.05) is 6.61 Å². The lowest BCUT2D eigenvalue weighted by atomic mass is 10.2. The van der Waals surface area contributed by atoms with E-state index in [1.54, 1.807) is 22.2 Å². The summed E-state index contributed by atoms with van der Waals surface area (Å²) in [6, 6.07) is 11.8. The highest BCUT2D eigenvalue weighted by Crippen LogP contribution is 2.22. The molecule has 3 aromatic rings. The van der Waals surface area contributed by atoms with Crippen molar-refractivity contribution in [1.29, 1.82) is 0 Å². The van der Waals surface area contributed by atoms with E-state index in [1.165, 1.54) is 4.88 Å². The smallest absolute Gasteiger partial charge is 0.216 e. The maximum absolute atomic E-state index is 5.54. The maximum atomic E-state index is 5.54. The standard InChI is InChI=1S/C16H16N4OS2/c1-3-21-13-6-4-5-12(9-13)15-18-19-16(22)20(15)17-10-14-8-7-11(2)23-14/h4-10H,3H2,1-2H3,(H,19,22)/b17-10+. The number of thiophene rings is 1. The Morgan fingerprint density at radius 3 is 3.00 bits per heavy atom. The van der Waals surface area contributed by atoms with Gasteiger partial charge in [0.15, 0.2) is 5.82 Å². The van der Waals surface area contributed by atoms with Crippen molar-refractivity contribution in [3.8, 4) is 17.1 Å². The molecule has 118 valence electrons. The molecule has 0 saturated heterocycles. The van der Waals surface area contributed by atoms with Gasteiger partial charge >= 0.3 is 0 Å². The number of rotatable bonds is 5. The summed E-state index contributed by atoms with van der Waals surface area (Å²) in [5.74, 6) is 1.45. The number of hydrogen-bond donors (Lipinski definition) is 1. The normalized spacial score (nSPS) is 11.2. The zero-order valence-corrected chi connectivity index (χ0v) is 14.4. The molecule has 0 unspecified atom stereocenters. The summed E-state index contributed by atoms with van der Waals surface area (Å²) in [6.07, 6.45) is 1.79. The summed E-state index contributed by atoms with van der Waals surface area (Å²) >= 11 is 6.96. The molecule has 3 rings (SSSR count). The second-order valence-electron chi connectivity index (χ2n) is 4.82. The summed E-state index contributed by atoms with van der Waals surface area (Å²) < 4.78 is 7.61. The number of benzene rings is 1. The van der Waals surface area contributed by atoms with E-state index in [1.807, 2.05) is 37.3 Å². The molecule has 1 aromatic carbocycles. The molecule has 0 spiro atoms. The van der Waals surface area contributed by atoms with Crippen molar-refractivity contribution in [1.82, 2.24) is 14.9 Å². The van der Waals surface area contributed by atoms with Crippen LogP contribution in [-0.4, -0.2) is 27.7 Å². The molecule has 0 atom stereocenters. The number of nitrogens with zero attached hydrogens (tertiary/aromatic N) is 3. The van der Waals surface area contributed by atoms with Gasteiger partial charge in [0.25, 0.3) is 0 Å². The van der Waals surface area contributed by atoms with Crippen LogP contribution in [0.5, 0.6) is 5.75 Å². The molecule has 0 amide bonds. The number of aryl methyl sites for hydroxylation is 1. The van der Waals surface area contributed by atoms with Gasteiger partial charge in [-0.05, 0) is 50.3 Å². The number of H-pyrrole nitrogens is 1. The number of ether oxygens (including phenoxy) is 1. The van der Waals surface area contributed by atoms with Crippen LogP contribution in [0.4, 0.5) is 0 Å². The lowest BCUT2D eigenvalue weighted by molar-refractivity contribution is 0.340. The van der Waals surface area contributed by atoms with Gasteiger partial charge in [0, 0.05) is 15.3 Å². The van der Waals surface area contributed by atoms with Crippen LogP contribution < -0.4 is 4.74 Å². The third kappa shape index (κ3) is 3.57. The monoisotopic (exact) mass is 344 g/mol. The summed E-state index contributed by atoms with van der Waals surface area (Å²) in [5.41, 5.74) is 0.891. The molecule has 0 fully saturated rings. The van der Waals surface area contributed by atoms with Gasteiger partial charge in [0.05, 0.1) is 12.8 Å². The van der Waals surface area contributed by atoms with Gasteiger partial charge in [-0.25, -0.2) is 5.10 Å². The molecule has 5 nitrogen and oxygen atoms in total. The summed E-state index contributed by atoms with van der Waals surface area (Å²) in [6.45, 7) is 4.64.